The van der Waals surface area contributed by atoms with Crippen molar-refractivity contribution in [2.75, 3.05) is 19.6 Å². The number of carbonyl (C=O) groups excluding carboxylic acids is 2. The summed E-state index contributed by atoms with van der Waals surface area (Å²) >= 11 is 0. The lowest BCUT2D eigenvalue weighted by Gasteiger charge is -2.41. The minimum Gasteiger partial charge on any atom is -0.445 e. The molecule has 0 spiro atoms. The second-order valence-electron chi connectivity index (χ2n) is 10.3. The molecule has 6 heteroatoms. The highest BCUT2D eigenvalue weighted by molar-refractivity contribution is 5.79. The van der Waals surface area contributed by atoms with Crippen LogP contribution in [-0.4, -0.2) is 53.5 Å². The van der Waals surface area contributed by atoms with E-state index >= 15 is 0 Å². The topological polar surface area (TPSA) is 61.9 Å². The van der Waals surface area contributed by atoms with Gasteiger partial charge in [0.2, 0.25) is 5.91 Å². The van der Waals surface area contributed by atoms with Crippen molar-refractivity contribution in [1.82, 2.24) is 15.1 Å². The summed E-state index contributed by atoms with van der Waals surface area (Å²) in [5.74, 6) is 0.387. The predicted molar refractivity (Wildman–Crippen MR) is 142 cm³/mol. The predicted octanol–water partition coefficient (Wildman–Crippen LogP) is 5.55. The van der Waals surface area contributed by atoms with Gasteiger partial charge in [0.05, 0.1) is 6.04 Å². The SMILES string of the molecule is CCN(C(=O)OCc1ccccc1)C1CCN(C(C)C[C@H](NC(=O)C2CCC2)c2ccccc2)CC1. The minimum atomic E-state index is -0.226. The molecule has 1 saturated carbocycles. The van der Waals surface area contributed by atoms with E-state index in [2.05, 4.69) is 29.3 Å². The molecule has 2 fully saturated rings. The molecule has 1 heterocycles. The Kier molecular flexibility index (Phi) is 9.40. The van der Waals surface area contributed by atoms with Gasteiger partial charge in [-0.3, -0.25) is 4.79 Å². The third kappa shape index (κ3) is 6.88. The molecule has 4 rings (SSSR count). The van der Waals surface area contributed by atoms with Crippen LogP contribution in [0.1, 0.15) is 69.5 Å². The van der Waals surface area contributed by atoms with Gasteiger partial charge < -0.3 is 19.9 Å². The van der Waals surface area contributed by atoms with Gasteiger partial charge in [0.15, 0.2) is 0 Å². The van der Waals surface area contributed by atoms with E-state index in [0.717, 1.165) is 57.2 Å². The lowest BCUT2D eigenvalue weighted by molar-refractivity contribution is -0.128. The molecule has 2 atom stereocenters. The molecule has 36 heavy (non-hydrogen) atoms. The smallest absolute Gasteiger partial charge is 0.410 e. The third-order valence-corrected chi connectivity index (χ3v) is 7.91. The van der Waals surface area contributed by atoms with Crippen molar-refractivity contribution in [1.29, 1.82) is 0 Å². The average molecular weight is 492 g/mol. The van der Waals surface area contributed by atoms with Crippen molar-refractivity contribution >= 4 is 12.0 Å². The number of nitrogens with one attached hydrogen (secondary N) is 1. The number of rotatable bonds is 10. The Balaban J connectivity index is 1.29. The zero-order valence-corrected chi connectivity index (χ0v) is 21.8. The Labute approximate surface area is 216 Å². The van der Waals surface area contributed by atoms with Crippen molar-refractivity contribution in [3.05, 3.63) is 71.8 Å². The zero-order chi connectivity index (χ0) is 25.3. The summed E-state index contributed by atoms with van der Waals surface area (Å²) in [5, 5.41) is 3.35. The molecule has 1 unspecified atom stereocenters. The Hall–Kier alpha value is -2.86. The number of piperidine rings is 1. The Morgan fingerprint density at radius 3 is 2.22 bits per heavy atom. The van der Waals surface area contributed by atoms with Gasteiger partial charge in [-0.25, -0.2) is 4.79 Å². The second kappa shape index (κ2) is 12.9. The average Bonchev–Trinajstić information content (AvgIpc) is 2.88. The molecule has 2 aromatic rings. The summed E-state index contributed by atoms with van der Waals surface area (Å²) in [6, 6.07) is 20.7. The number of ether oxygens (including phenoxy) is 1. The Morgan fingerprint density at radius 1 is 1.00 bits per heavy atom. The van der Waals surface area contributed by atoms with E-state index < -0.39 is 0 Å². The molecular formula is C30H41N3O3. The third-order valence-electron chi connectivity index (χ3n) is 7.91. The van der Waals surface area contributed by atoms with Crippen molar-refractivity contribution in [2.24, 2.45) is 5.92 Å². The molecule has 2 aliphatic rings. The largest absolute Gasteiger partial charge is 0.445 e. The molecule has 194 valence electrons. The molecule has 2 aromatic carbocycles. The Morgan fingerprint density at radius 2 is 1.64 bits per heavy atom. The van der Waals surface area contributed by atoms with Crippen molar-refractivity contribution in [2.45, 2.75) is 77.1 Å². The summed E-state index contributed by atoms with van der Waals surface area (Å²) in [6.07, 6.45) is 5.70. The maximum Gasteiger partial charge on any atom is 0.410 e. The first-order chi connectivity index (χ1) is 17.5. The Bertz CT molecular complexity index is 956. The van der Waals surface area contributed by atoms with E-state index in [1.807, 2.05) is 60.4 Å². The van der Waals surface area contributed by atoms with Gasteiger partial charge in [-0.15, -0.1) is 0 Å². The second-order valence-corrected chi connectivity index (χ2v) is 10.3. The van der Waals surface area contributed by atoms with Crippen LogP contribution in [0.5, 0.6) is 0 Å². The molecular weight excluding hydrogens is 450 g/mol. The molecule has 6 nitrogen and oxygen atoms in total. The maximum atomic E-state index is 12.8. The number of likely N-dealkylation sites (tertiary alicyclic amines) is 1. The van der Waals surface area contributed by atoms with Crippen LogP contribution < -0.4 is 5.32 Å². The summed E-state index contributed by atoms with van der Waals surface area (Å²) in [7, 11) is 0. The van der Waals surface area contributed by atoms with Crippen molar-refractivity contribution < 1.29 is 14.3 Å². The van der Waals surface area contributed by atoms with E-state index in [1.54, 1.807) is 0 Å². The monoisotopic (exact) mass is 491 g/mol. The molecule has 0 radical (unpaired) electrons. The number of nitrogens with zero attached hydrogens (tertiary/aromatic N) is 2. The fourth-order valence-electron chi connectivity index (χ4n) is 5.39. The summed E-state index contributed by atoms with van der Waals surface area (Å²) in [6.45, 7) is 7.11. The van der Waals surface area contributed by atoms with Gasteiger partial charge in [0.25, 0.3) is 0 Å². The van der Waals surface area contributed by atoms with Crippen LogP contribution in [0.4, 0.5) is 4.79 Å². The van der Waals surface area contributed by atoms with Crippen LogP contribution in [0.15, 0.2) is 60.7 Å². The summed E-state index contributed by atoms with van der Waals surface area (Å²) in [4.78, 5) is 29.9. The van der Waals surface area contributed by atoms with Crippen LogP contribution >= 0.6 is 0 Å². The van der Waals surface area contributed by atoms with E-state index in [4.69, 9.17) is 4.74 Å². The van der Waals surface area contributed by atoms with Crippen LogP contribution in [0.25, 0.3) is 0 Å². The number of carbonyl (C=O) groups is 2. The lowest BCUT2D eigenvalue weighted by atomic mass is 9.84. The maximum absolute atomic E-state index is 12.8. The highest BCUT2D eigenvalue weighted by Crippen LogP contribution is 2.29. The molecule has 0 aromatic heterocycles. The van der Waals surface area contributed by atoms with E-state index in [-0.39, 0.29) is 30.0 Å². The number of benzene rings is 2. The van der Waals surface area contributed by atoms with Gasteiger partial charge in [-0.05, 0) is 57.1 Å². The molecule has 1 aliphatic heterocycles. The summed E-state index contributed by atoms with van der Waals surface area (Å²) in [5.41, 5.74) is 2.17. The first-order valence-corrected chi connectivity index (χ1v) is 13.6. The van der Waals surface area contributed by atoms with Gasteiger partial charge >= 0.3 is 6.09 Å². The van der Waals surface area contributed by atoms with Gasteiger partial charge in [0, 0.05) is 37.6 Å². The van der Waals surface area contributed by atoms with Crippen LogP contribution in [0, 0.1) is 5.92 Å². The van der Waals surface area contributed by atoms with Gasteiger partial charge in [-0.1, -0.05) is 67.1 Å². The molecule has 1 aliphatic carbocycles. The van der Waals surface area contributed by atoms with Crippen LogP contribution in [-0.2, 0) is 16.1 Å². The molecule has 0 bridgehead atoms. The van der Waals surface area contributed by atoms with E-state index in [9.17, 15) is 9.59 Å². The summed E-state index contributed by atoms with van der Waals surface area (Å²) < 4.78 is 5.61. The highest BCUT2D eigenvalue weighted by atomic mass is 16.6. The van der Waals surface area contributed by atoms with Crippen LogP contribution in [0.2, 0.25) is 0 Å². The number of hydrogen-bond acceptors (Lipinski definition) is 4. The fraction of sp³-hybridized carbons (Fsp3) is 0.533. The van der Waals surface area contributed by atoms with Gasteiger partial charge in [-0.2, -0.15) is 0 Å². The molecule has 2 amide bonds. The highest BCUT2D eigenvalue weighted by Gasteiger charge is 2.32. The van der Waals surface area contributed by atoms with Crippen molar-refractivity contribution in [3.8, 4) is 0 Å². The number of hydrogen-bond donors (Lipinski definition) is 1. The fourth-order valence-corrected chi connectivity index (χ4v) is 5.39. The number of amides is 2. The first-order valence-electron chi connectivity index (χ1n) is 13.6. The van der Waals surface area contributed by atoms with Gasteiger partial charge in [0.1, 0.15) is 6.61 Å². The molecule has 1 N–H and O–H groups in total. The normalized spacial score (nSPS) is 18.6. The van der Waals surface area contributed by atoms with Crippen molar-refractivity contribution in [3.63, 3.8) is 0 Å². The zero-order valence-electron chi connectivity index (χ0n) is 21.8. The lowest BCUT2D eigenvalue weighted by Crippen LogP contribution is -2.50. The quantitative estimate of drug-likeness (QED) is 0.474. The first kappa shape index (κ1) is 26.2. The van der Waals surface area contributed by atoms with Crippen LogP contribution in [0.3, 0.4) is 0 Å². The van der Waals surface area contributed by atoms with E-state index in [0.29, 0.717) is 19.2 Å². The van der Waals surface area contributed by atoms with E-state index in [1.165, 1.54) is 5.56 Å². The molecule has 1 saturated heterocycles. The standard InChI is InChI=1S/C30H41N3O3/c1-3-33(30(35)36-22-24-11-6-4-7-12-24)27-17-19-32(20-18-27)23(2)21-28(25-13-8-5-9-14-25)31-29(34)26-15-10-16-26/h4-9,11-14,23,26-28H,3,10,15-22H2,1-2H3,(H,31,34)/t23?,28-/m0/s1. The minimum absolute atomic E-state index is 0.0205.